The third-order valence-electron chi connectivity index (χ3n) is 3.78. The van der Waals surface area contributed by atoms with Gasteiger partial charge in [-0.25, -0.2) is 4.90 Å². The SMILES string of the molecule is COc1ccccc1N1C(=O)S/C(=C\C=C\c2ccccc2[N+](=O)[O-])C1=O. The highest BCUT2D eigenvalue weighted by molar-refractivity contribution is 8.18. The molecule has 0 N–H and O–H groups in total. The maximum atomic E-state index is 12.6. The van der Waals surface area contributed by atoms with E-state index in [4.69, 9.17) is 4.74 Å². The highest BCUT2D eigenvalue weighted by Crippen LogP contribution is 2.38. The van der Waals surface area contributed by atoms with Crippen molar-refractivity contribution in [1.82, 2.24) is 0 Å². The molecule has 0 bridgehead atoms. The van der Waals surface area contributed by atoms with Crippen LogP contribution in [0.3, 0.4) is 0 Å². The predicted molar refractivity (Wildman–Crippen MR) is 104 cm³/mol. The van der Waals surface area contributed by atoms with Crippen LogP contribution in [0.15, 0.2) is 65.6 Å². The van der Waals surface area contributed by atoms with Crippen LogP contribution in [0, 0.1) is 10.1 Å². The Bertz CT molecular complexity index is 984. The summed E-state index contributed by atoms with van der Waals surface area (Å²) in [5, 5.41) is 10.6. The molecule has 7 nitrogen and oxygen atoms in total. The zero-order chi connectivity index (χ0) is 19.4. The molecule has 1 aliphatic heterocycles. The standard InChI is InChI=1S/C19H14N2O5S/c1-26-16-11-5-4-10-15(16)20-18(22)17(27-19(20)23)12-6-8-13-7-2-3-9-14(13)21(24)25/h2-12H,1H3/b8-6+,17-12-. The Hall–Kier alpha value is -3.39. The van der Waals surface area contributed by atoms with Gasteiger partial charge in [0.05, 0.1) is 28.2 Å². The molecule has 0 spiro atoms. The van der Waals surface area contributed by atoms with Crippen molar-refractivity contribution < 1.29 is 19.2 Å². The minimum absolute atomic E-state index is 0.0377. The highest BCUT2D eigenvalue weighted by atomic mass is 32.2. The van der Waals surface area contributed by atoms with E-state index >= 15 is 0 Å². The first-order valence-corrected chi connectivity index (χ1v) is 8.65. The van der Waals surface area contributed by atoms with Crippen LogP contribution in [0.2, 0.25) is 0 Å². The van der Waals surface area contributed by atoms with Gasteiger partial charge in [-0.1, -0.05) is 30.3 Å². The normalized spacial score (nSPS) is 15.7. The molecule has 0 aromatic heterocycles. The number of benzene rings is 2. The Balaban J connectivity index is 1.86. The van der Waals surface area contributed by atoms with E-state index < -0.39 is 16.1 Å². The van der Waals surface area contributed by atoms with Gasteiger partial charge in [0.2, 0.25) is 0 Å². The fraction of sp³-hybridized carbons (Fsp3) is 0.0526. The number of anilines is 1. The van der Waals surface area contributed by atoms with Crippen molar-refractivity contribution in [3.05, 3.63) is 81.3 Å². The smallest absolute Gasteiger partial charge is 0.298 e. The van der Waals surface area contributed by atoms with E-state index in [-0.39, 0.29) is 10.6 Å². The maximum absolute atomic E-state index is 12.6. The lowest BCUT2D eigenvalue weighted by atomic mass is 10.1. The number of imide groups is 1. The van der Waals surface area contributed by atoms with Crippen molar-refractivity contribution in [3.8, 4) is 5.75 Å². The van der Waals surface area contributed by atoms with Gasteiger partial charge in [-0.05, 0) is 42.1 Å². The number of methoxy groups -OCH3 is 1. The van der Waals surface area contributed by atoms with Gasteiger partial charge >= 0.3 is 0 Å². The quantitative estimate of drug-likeness (QED) is 0.432. The third-order valence-corrected chi connectivity index (χ3v) is 4.66. The number of thioether (sulfide) groups is 1. The largest absolute Gasteiger partial charge is 0.495 e. The molecule has 0 atom stereocenters. The van der Waals surface area contributed by atoms with Crippen LogP contribution < -0.4 is 9.64 Å². The number of carbonyl (C=O) groups excluding carboxylic acids is 2. The molecule has 2 aromatic carbocycles. The van der Waals surface area contributed by atoms with Gasteiger partial charge in [-0.2, -0.15) is 0 Å². The zero-order valence-electron chi connectivity index (χ0n) is 14.2. The molecular weight excluding hydrogens is 368 g/mol. The second kappa shape index (κ2) is 7.88. The molecule has 3 rings (SSSR count). The van der Waals surface area contributed by atoms with Crippen molar-refractivity contribution in [2.24, 2.45) is 0 Å². The fourth-order valence-electron chi connectivity index (χ4n) is 2.54. The predicted octanol–water partition coefficient (Wildman–Crippen LogP) is 4.40. The monoisotopic (exact) mass is 382 g/mol. The lowest BCUT2D eigenvalue weighted by Crippen LogP contribution is -2.28. The number of rotatable bonds is 5. The first kappa shape index (κ1) is 18.4. The summed E-state index contributed by atoms with van der Waals surface area (Å²) in [5.41, 5.74) is 0.737. The molecule has 136 valence electrons. The number of nitro groups is 1. The topological polar surface area (TPSA) is 89.8 Å². The Kier molecular flexibility index (Phi) is 5.37. The molecule has 0 aliphatic carbocycles. The van der Waals surface area contributed by atoms with Crippen LogP contribution in [-0.2, 0) is 4.79 Å². The first-order valence-electron chi connectivity index (χ1n) is 7.84. The molecule has 27 heavy (non-hydrogen) atoms. The number of nitrogens with zero attached hydrogens (tertiary/aromatic N) is 2. The van der Waals surface area contributed by atoms with Crippen LogP contribution in [0.25, 0.3) is 6.08 Å². The van der Waals surface area contributed by atoms with Crippen LogP contribution in [0.1, 0.15) is 5.56 Å². The summed E-state index contributed by atoms with van der Waals surface area (Å²) in [6.07, 6.45) is 4.51. The van der Waals surface area contributed by atoms with Crippen molar-refractivity contribution in [2.45, 2.75) is 0 Å². The van der Waals surface area contributed by atoms with Gasteiger partial charge in [0.1, 0.15) is 5.75 Å². The van der Waals surface area contributed by atoms with E-state index in [1.165, 1.54) is 31.4 Å². The van der Waals surface area contributed by atoms with Crippen molar-refractivity contribution in [1.29, 1.82) is 0 Å². The van der Waals surface area contributed by atoms with Crippen molar-refractivity contribution in [2.75, 3.05) is 12.0 Å². The Morgan fingerprint density at radius 3 is 2.56 bits per heavy atom. The molecule has 0 radical (unpaired) electrons. The second-order valence-electron chi connectivity index (χ2n) is 5.39. The van der Waals surface area contributed by atoms with Gasteiger partial charge in [-0.3, -0.25) is 19.7 Å². The molecule has 2 amide bonds. The summed E-state index contributed by atoms with van der Waals surface area (Å²) < 4.78 is 5.21. The van der Waals surface area contributed by atoms with E-state index in [0.717, 1.165) is 16.7 Å². The van der Waals surface area contributed by atoms with Crippen molar-refractivity contribution in [3.63, 3.8) is 0 Å². The summed E-state index contributed by atoms with van der Waals surface area (Å²) >= 11 is 0.799. The molecule has 1 heterocycles. The van der Waals surface area contributed by atoms with Crippen LogP contribution in [-0.4, -0.2) is 23.2 Å². The van der Waals surface area contributed by atoms with Gasteiger partial charge in [-0.15, -0.1) is 0 Å². The highest BCUT2D eigenvalue weighted by Gasteiger charge is 2.37. The number of ether oxygens (including phenoxy) is 1. The first-order chi connectivity index (χ1) is 13.0. The minimum atomic E-state index is -0.477. The molecule has 1 saturated heterocycles. The maximum Gasteiger partial charge on any atom is 0.298 e. The number of allylic oxidation sites excluding steroid dienone is 2. The van der Waals surface area contributed by atoms with Crippen LogP contribution in [0.4, 0.5) is 16.2 Å². The van der Waals surface area contributed by atoms with Crippen LogP contribution >= 0.6 is 11.8 Å². The Morgan fingerprint density at radius 1 is 1.11 bits per heavy atom. The fourth-order valence-corrected chi connectivity index (χ4v) is 3.32. The molecule has 1 aliphatic rings. The van der Waals surface area contributed by atoms with E-state index in [9.17, 15) is 19.7 Å². The molecule has 8 heteroatoms. The van der Waals surface area contributed by atoms with E-state index in [0.29, 0.717) is 17.0 Å². The molecule has 0 unspecified atom stereocenters. The molecule has 0 saturated carbocycles. The molecule has 2 aromatic rings. The second-order valence-corrected chi connectivity index (χ2v) is 6.38. The third kappa shape index (κ3) is 3.75. The molecule has 1 fully saturated rings. The van der Waals surface area contributed by atoms with Gasteiger partial charge < -0.3 is 4.74 Å². The number of amides is 2. The summed E-state index contributed by atoms with van der Waals surface area (Å²) in [4.78, 5) is 36.7. The van der Waals surface area contributed by atoms with E-state index in [1.807, 2.05) is 0 Å². The summed E-state index contributed by atoms with van der Waals surface area (Å²) in [6.45, 7) is 0. The summed E-state index contributed by atoms with van der Waals surface area (Å²) in [7, 11) is 1.46. The lowest BCUT2D eigenvalue weighted by molar-refractivity contribution is -0.385. The summed E-state index contributed by atoms with van der Waals surface area (Å²) in [6, 6.07) is 13.0. The number of para-hydroxylation sites is 3. The lowest BCUT2D eigenvalue weighted by Gasteiger charge is -2.15. The van der Waals surface area contributed by atoms with E-state index in [1.54, 1.807) is 42.5 Å². The number of hydrogen-bond acceptors (Lipinski definition) is 6. The van der Waals surface area contributed by atoms with Gasteiger partial charge in [0, 0.05) is 6.07 Å². The van der Waals surface area contributed by atoms with Gasteiger partial charge in [0.15, 0.2) is 0 Å². The average molecular weight is 382 g/mol. The summed E-state index contributed by atoms with van der Waals surface area (Å²) in [5.74, 6) is -0.0572. The number of carbonyl (C=O) groups is 2. The minimum Gasteiger partial charge on any atom is -0.495 e. The zero-order valence-corrected chi connectivity index (χ0v) is 15.0. The average Bonchev–Trinajstić information content (AvgIpc) is 2.95. The van der Waals surface area contributed by atoms with E-state index in [2.05, 4.69) is 0 Å². The Labute approximate surface area is 159 Å². The Morgan fingerprint density at radius 2 is 1.81 bits per heavy atom. The molecular formula is C19H14N2O5S. The van der Waals surface area contributed by atoms with Crippen LogP contribution in [0.5, 0.6) is 5.75 Å². The number of nitro benzene ring substituents is 1. The van der Waals surface area contributed by atoms with Crippen molar-refractivity contribution >= 4 is 40.4 Å². The van der Waals surface area contributed by atoms with Gasteiger partial charge in [0.25, 0.3) is 16.8 Å². The number of hydrogen-bond donors (Lipinski definition) is 0.